The molecule has 0 bridgehead atoms. The molecular formula is C51H97NO4. The average Bonchev–Trinajstić information content (AvgIpc) is 3.19. The Hall–Kier alpha value is -1.43. The van der Waals surface area contributed by atoms with Crippen molar-refractivity contribution in [2.45, 2.75) is 276 Å². The Labute approximate surface area is 349 Å². The molecule has 0 aliphatic rings. The number of amides is 1. The predicted molar refractivity (Wildman–Crippen MR) is 245 cm³/mol. The second kappa shape index (κ2) is 46.3. The minimum absolute atomic E-state index is 0.00409. The van der Waals surface area contributed by atoms with Gasteiger partial charge in [-0.25, -0.2) is 0 Å². The first-order chi connectivity index (χ1) is 27.5. The van der Waals surface area contributed by atoms with Crippen molar-refractivity contribution in [1.82, 2.24) is 5.32 Å². The van der Waals surface area contributed by atoms with Crippen LogP contribution < -0.4 is 5.32 Å². The summed E-state index contributed by atoms with van der Waals surface area (Å²) in [4.78, 5) is 12.5. The molecule has 0 aromatic heterocycles. The molecular weight excluding hydrogens is 691 g/mol. The summed E-state index contributed by atoms with van der Waals surface area (Å²) in [5, 5.41) is 33.3. The highest BCUT2D eigenvalue weighted by molar-refractivity contribution is 5.76. The number of carbonyl (C=O) groups excluding carboxylic acids is 1. The van der Waals surface area contributed by atoms with Crippen molar-refractivity contribution in [3.8, 4) is 0 Å². The highest BCUT2D eigenvalue weighted by Crippen LogP contribution is 2.16. The van der Waals surface area contributed by atoms with E-state index >= 15 is 0 Å². The van der Waals surface area contributed by atoms with E-state index in [0.717, 1.165) is 44.9 Å². The smallest absolute Gasteiger partial charge is 0.222 e. The SMILES string of the molecule is CCCCCCCCCCC/C=C\CCCCCC(O)CC(=O)NC(CO)C(O)/C=C/CC/C=C/CCCCCCCCCCCCCCCCCCCCC. The van der Waals surface area contributed by atoms with Gasteiger partial charge in [-0.3, -0.25) is 4.79 Å². The maximum atomic E-state index is 12.5. The predicted octanol–water partition coefficient (Wildman–Crippen LogP) is 14.7. The van der Waals surface area contributed by atoms with E-state index in [0.29, 0.717) is 6.42 Å². The summed E-state index contributed by atoms with van der Waals surface area (Å²) in [5.41, 5.74) is 0. The van der Waals surface area contributed by atoms with Gasteiger partial charge in [0.2, 0.25) is 5.91 Å². The van der Waals surface area contributed by atoms with E-state index in [1.54, 1.807) is 6.08 Å². The van der Waals surface area contributed by atoms with Crippen molar-refractivity contribution >= 4 is 5.91 Å². The Morgan fingerprint density at radius 3 is 1.14 bits per heavy atom. The molecule has 3 atom stereocenters. The van der Waals surface area contributed by atoms with Crippen LogP contribution in [-0.2, 0) is 4.79 Å². The highest BCUT2D eigenvalue weighted by Gasteiger charge is 2.20. The summed E-state index contributed by atoms with van der Waals surface area (Å²) >= 11 is 0. The topological polar surface area (TPSA) is 89.8 Å². The van der Waals surface area contributed by atoms with E-state index in [2.05, 4.69) is 43.5 Å². The Kier molecular flexibility index (Phi) is 45.1. The lowest BCUT2D eigenvalue weighted by Crippen LogP contribution is -2.45. The van der Waals surface area contributed by atoms with Crippen LogP contribution in [0.1, 0.15) is 258 Å². The van der Waals surface area contributed by atoms with Gasteiger partial charge in [0.1, 0.15) is 0 Å². The molecule has 0 aromatic carbocycles. The highest BCUT2D eigenvalue weighted by atomic mass is 16.3. The molecule has 0 saturated heterocycles. The average molecular weight is 788 g/mol. The van der Waals surface area contributed by atoms with Gasteiger partial charge in [0, 0.05) is 0 Å². The zero-order chi connectivity index (χ0) is 40.8. The number of hydrogen-bond acceptors (Lipinski definition) is 4. The van der Waals surface area contributed by atoms with Crippen molar-refractivity contribution in [2.75, 3.05) is 6.61 Å². The summed E-state index contributed by atoms with van der Waals surface area (Å²) in [6, 6.07) is -0.766. The van der Waals surface area contributed by atoms with E-state index in [1.165, 1.54) is 186 Å². The van der Waals surface area contributed by atoms with Gasteiger partial charge in [0.05, 0.1) is 31.3 Å². The molecule has 0 fully saturated rings. The molecule has 5 nitrogen and oxygen atoms in total. The third-order valence-electron chi connectivity index (χ3n) is 11.4. The molecule has 1 amide bonds. The Bertz CT molecular complexity index is 870. The van der Waals surface area contributed by atoms with Gasteiger partial charge in [-0.15, -0.1) is 0 Å². The standard InChI is InChI=1S/C51H97NO4/c1-3-5-7-9-11-13-15-17-19-21-22-23-24-25-26-27-28-29-31-33-35-37-39-41-43-45-50(55)49(47-53)52-51(56)46-48(54)44-42-40-38-36-34-32-30-20-18-16-14-12-10-8-6-4-2/h32,34-35,37,43,45,48-50,53-55H,3-31,33,36,38-42,44,46-47H2,1-2H3,(H,52,56)/b34-32-,37-35+,45-43+. The minimum Gasteiger partial charge on any atom is -0.394 e. The first-order valence-electron chi connectivity index (χ1n) is 24.8. The van der Waals surface area contributed by atoms with Gasteiger partial charge in [-0.2, -0.15) is 0 Å². The fraction of sp³-hybridized carbons (Fsp3) is 0.863. The molecule has 0 aliphatic carbocycles. The van der Waals surface area contributed by atoms with E-state index in [1.807, 2.05) is 6.08 Å². The van der Waals surface area contributed by atoms with E-state index in [9.17, 15) is 20.1 Å². The zero-order valence-electron chi connectivity index (χ0n) is 37.5. The maximum absolute atomic E-state index is 12.5. The van der Waals surface area contributed by atoms with E-state index < -0.39 is 18.2 Å². The number of aliphatic hydroxyl groups is 3. The van der Waals surface area contributed by atoms with Crippen molar-refractivity contribution in [1.29, 1.82) is 0 Å². The van der Waals surface area contributed by atoms with Gasteiger partial charge in [-0.05, 0) is 57.8 Å². The molecule has 0 heterocycles. The van der Waals surface area contributed by atoms with Crippen LogP contribution in [0.4, 0.5) is 0 Å². The quantitative estimate of drug-likeness (QED) is 0.0365. The number of rotatable bonds is 45. The molecule has 0 aromatic rings. The Morgan fingerprint density at radius 2 is 0.768 bits per heavy atom. The second-order valence-electron chi connectivity index (χ2n) is 17.1. The largest absolute Gasteiger partial charge is 0.394 e. The van der Waals surface area contributed by atoms with Crippen LogP contribution in [0.2, 0.25) is 0 Å². The second-order valence-corrected chi connectivity index (χ2v) is 17.1. The van der Waals surface area contributed by atoms with Gasteiger partial charge < -0.3 is 20.6 Å². The third-order valence-corrected chi connectivity index (χ3v) is 11.4. The van der Waals surface area contributed by atoms with Crippen LogP contribution in [-0.4, -0.2) is 46.1 Å². The molecule has 4 N–H and O–H groups in total. The molecule has 0 saturated carbocycles. The molecule has 330 valence electrons. The number of allylic oxidation sites excluding steroid dienone is 5. The summed E-state index contributed by atoms with van der Waals surface area (Å²) in [5.74, 6) is -0.332. The molecule has 0 rings (SSSR count). The van der Waals surface area contributed by atoms with Gasteiger partial charge in [0.25, 0.3) is 0 Å². The number of carbonyl (C=O) groups is 1. The van der Waals surface area contributed by atoms with Gasteiger partial charge in [0.15, 0.2) is 0 Å². The molecule has 56 heavy (non-hydrogen) atoms. The molecule has 5 heteroatoms. The normalized spacial score (nSPS) is 13.7. The van der Waals surface area contributed by atoms with Crippen molar-refractivity contribution in [2.24, 2.45) is 0 Å². The van der Waals surface area contributed by atoms with Crippen LogP contribution in [0.3, 0.4) is 0 Å². The first-order valence-corrected chi connectivity index (χ1v) is 24.8. The minimum atomic E-state index is -0.956. The lowest BCUT2D eigenvalue weighted by atomic mass is 10.0. The number of nitrogens with one attached hydrogen (secondary N) is 1. The van der Waals surface area contributed by atoms with Gasteiger partial charge in [-0.1, -0.05) is 230 Å². The Morgan fingerprint density at radius 1 is 0.446 bits per heavy atom. The molecule has 0 aliphatic heterocycles. The summed E-state index contributed by atoms with van der Waals surface area (Å²) in [6.45, 7) is 4.21. The number of hydrogen-bond donors (Lipinski definition) is 4. The van der Waals surface area contributed by atoms with Crippen LogP contribution in [0, 0.1) is 0 Å². The molecule has 0 spiro atoms. The lowest BCUT2D eigenvalue weighted by molar-refractivity contribution is -0.124. The summed E-state index contributed by atoms with van der Waals surface area (Å²) < 4.78 is 0. The lowest BCUT2D eigenvalue weighted by Gasteiger charge is -2.20. The zero-order valence-corrected chi connectivity index (χ0v) is 37.5. The Balaban J connectivity index is 3.66. The third kappa shape index (κ3) is 42.2. The van der Waals surface area contributed by atoms with Crippen LogP contribution in [0.5, 0.6) is 0 Å². The van der Waals surface area contributed by atoms with Crippen LogP contribution in [0.25, 0.3) is 0 Å². The fourth-order valence-electron chi connectivity index (χ4n) is 7.59. The van der Waals surface area contributed by atoms with E-state index in [-0.39, 0.29) is 18.9 Å². The molecule has 0 radical (unpaired) electrons. The molecule has 3 unspecified atom stereocenters. The number of aliphatic hydroxyl groups excluding tert-OH is 3. The van der Waals surface area contributed by atoms with Crippen molar-refractivity contribution in [3.05, 3.63) is 36.5 Å². The van der Waals surface area contributed by atoms with E-state index in [4.69, 9.17) is 0 Å². The monoisotopic (exact) mass is 788 g/mol. The van der Waals surface area contributed by atoms with Gasteiger partial charge >= 0.3 is 0 Å². The summed E-state index contributed by atoms with van der Waals surface area (Å²) in [6.07, 6.45) is 58.8. The van der Waals surface area contributed by atoms with Crippen LogP contribution >= 0.6 is 0 Å². The maximum Gasteiger partial charge on any atom is 0.222 e. The summed E-state index contributed by atoms with van der Waals surface area (Å²) in [7, 11) is 0. The first kappa shape index (κ1) is 54.6. The van der Waals surface area contributed by atoms with Crippen molar-refractivity contribution < 1.29 is 20.1 Å². The van der Waals surface area contributed by atoms with Crippen molar-refractivity contribution in [3.63, 3.8) is 0 Å². The number of unbranched alkanes of at least 4 members (excludes halogenated alkanes) is 32. The fourth-order valence-corrected chi connectivity index (χ4v) is 7.59. The van der Waals surface area contributed by atoms with Crippen LogP contribution in [0.15, 0.2) is 36.5 Å².